The van der Waals surface area contributed by atoms with E-state index >= 15 is 0 Å². The zero-order valence-corrected chi connectivity index (χ0v) is 13.9. The van der Waals surface area contributed by atoms with Crippen molar-refractivity contribution in [2.45, 2.75) is 18.6 Å². The van der Waals surface area contributed by atoms with Crippen LogP contribution >= 0.6 is 11.3 Å². The fourth-order valence-electron chi connectivity index (χ4n) is 3.41. The Balaban J connectivity index is 1.52. The van der Waals surface area contributed by atoms with Crippen molar-refractivity contribution in [1.82, 2.24) is 4.90 Å². The van der Waals surface area contributed by atoms with Gasteiger partial charge in [-0.3, -0.25) is 9.59 Å². The molecule has 2 saturated heterocycles. The molecule has 0 saturated carbocycles. The predicted molar refractivity (Wildman–Crippen MR) is 92.1 cm³/mol. The second kappa shape index (κ2) is 6.37. The van der Waals surface area contributed by atoms with E-state index in [-0.39, 0.29) is 30.6 Å². The Morgan fingerprint density at radius 2 is 2.04 bits per heavy atom. The zero-order chi connectivity index (χ0) is 16.5. The highest BCUT2D eigenvalue weighted by atomic mass is 32.1. The molecule has 2 fully saturated rings. The molecule has 1 aromatic heterocycles. The third-order valence-electron chi connectivity index (χ3n) is 4.58. The minimum absolute atomic E-state index is 0.0467. The Bertz CT molecular complexity index is 732. The average molecular weight is 342 g/mol. The third kappa shape index (κ3) is 2.83. The number of nitrogens with zero attached hydrogens (tertiary/aromatic N) is 2. The monoisotopic (exact) mass is 342 g/mol. The molecule has 2 atom stereocenters. The first kappa shape index (κ1) is 15.4. The topological polar surface area (TPSA) is 49.9 Å². The summed E-state index contributed by atoms with van der Waals surface area (Å²) < 4.78 is 5.70. The van der Waals surface area contributed by atoms with E-state index in [1.54, 1.807) is 16.2 Å². The van der Waals surface area contributed by atoms with Gasteiger partial charge in [-0.25, -0.2) is 0 Å². The number of anilines is 1. The molecule has 0 radical (unpaired) electrons. The summed E-state index contributed by atoms with van der Waals surface area (Å²) in [5.74, 6) is 0.0430. The first-order chi connectivity index (χ1) is 11.7. The molecule has 0 spiro atoms. The molecule has 124 valence electrons. The number of hydrogen-bond acceptors (Lipinski definition) is 4. The van der Waals surface area contributed by atoms with Gasteiger partial charge in [0.1, 0.15) is 6.61 Å². The molecule has 0 aliphatic carbocycles. The maximum atomic E-state index is 12.6. The van der Waals surface area contributed by atoms with Gasteiger partial charge in [0, 0.05) is 18.8 Å². The number of carbonyl (C=O) groups excluding carboxylic acids is 2. The van der Waals surface area contributed by atoms with Crippen LogP contribution in [0.25, 0.3) is 0 Å². The fraction of sp³-hybridized carbons (Fsp3) is 0.333. The quantitative estimate of drug-likeness (QED) is 0.856. The molecular formula is C18H18N2O3S. The van der Waals surface area contributed by atoms with E-state index in [4.69, 9.17) is 4.74 Å². The number of carbonyl (C=O) groups is 2. The van der Waals surface area contributed by atoms with Crippen molar-refractivity contribution in [3.63, 3.8) is 0 Å². The number of hydrogen-bond donors (Lipinski definition) is 0. The van der Waals surface area contributed by atoms with Crippen LogP contribution in [0.15, 0.2) is 47.2 Å². The molecule has 2 amide bonds. The van der Waals surface area contributed by atoms with Crippen molar-refractivity contribution in [1.29, 1.82) is 0 Å². The van der Waals surface area contributed by atoms with E-state index in [1.807, 2.05) is 52.1 Å². The van der Waals surface area contributed by atoms with Gasteiger partial charge >= 0.3 is 0 Å². The standard InChI is InChI=1S/C18H18N2O3S/c21-17(8-13-6-7-24-12-13)19-9-15-16(10-19)23-11-18(22)20(15)14-4-2-1-3-5-14/h1-7,12,15-16H,8-11H2/t15-,16-/m0/s1. The predicted octanol–water partition coefficient (Wildman–Crippen LogP) is 1.93. The Morgan fingerprint density at radius 1 is 1.21 bits per heavy atom. The zero-order valence-electron chi connectivity index (χ0n) is 13.1. The van der Waals surface area contributed by atoms with Gasteiger partial charge in [0.25, 0.3) is 5.91 Å². The van der Waals surface area contributed by atoms with Crippen molar-refractivity contribution in [2.75, 3.05) is 24.6 Å². The van der Waals surface area contributed by atoms with Crippen molar-refractivity contribution in [3.05, 3.63) is 52.7 Å². The maximum Gasteiger partial charge on any atom is 0.253 e. The van der Waals surface area contributed by atoms with E-state index in [0.717, 1.165) is 11.3 Å². The van der Waals surface area contributed by atoms with Crippen LogP contribution in [0, 0.1) is 0 Å². The van der Waals surface area contributed by atoms with Crippen LogP contribution in [-0.4, -0.2) is 48.6 Å². The molecule has 2 aliphatic rings. The van der Waals surface area contributed by atoms with Gasteiger partial charge in [0.15, 0.2) is 0 Å². The highest BCUT2D eigenvalue weighted by molar-refractivity contribution is 7.08. The van der Waals surface area contributed by atoms with Gasteiger partial charge in [-0.2, -0.15) is 11.3 Å². The van der Waals surface area contributed by atoms with Crippen LogP contribution in [0.4, 0.5) is 5.69 Å². The number of fused-ring (bicyclic) bond motifs is 1. The highest BCUT2D eigenvalue weighted by Crippen LogP contribution is 2.29. The van der Waals surface area contributed by atoms with Crippen LogP contribution in [0.3, 0.4) is 0 Å². The summed E-state index contributed by atoms with van der Waals surface area (Å²) >= 11 is 1.59. The highest BCUT2D eigenvalue weighted by Gasteiger charge is 2.45. The normalized spacial score (nSPS) is 23.4. The van der Waals surface area contributed by atoms with Gasteiger partial charge in [-0.15, -0.1) is 0 Å². The minimum atomic E-state index is -0.116. The number of benzene rings is 1. The first-order valence-electron chi connectivity index (χ1n) is 8.00. The number of morpholine rings is 1. The summed E-state index contributed by atoms with van der Waals surface area (Å²) in [5, 5.41) is 3.97. The Hall–Kier alpha value is -2.18. The molecule has 2 aromatic rings. The van der Waals surface area contributed by atoms with Gasteiger partial charge in [-0.05, 0) is 34.5 Å². The minimum Gasteiger partial charge on any atom is -0.364 e. The van der Waals surface area contributed by atoms with E-state index in [1.165, 1.54) is 0 Å². The lowest BCUT2D eigenvalue weighted by molar-refractivity contribution is -0.130. The van der Waals surface area contributed by atoms with E-state index in [2.05, 4.69) is 0 Å². The molecule has 3 heterocycles. The van der Waals surface area contributed by atoms with Crippen molar-refractivity contribution < 1.29 is 14.3 Å². The molecule has 0 N–H and O–H groups in total. The maximum absolute atomic E-state index is 12.6. The molecule has 0 unspecified atom stereocenters. The first-order valence-corrected chi connectivity index (χ1v) is 8.94. The van der Waals surface area contributed by atoms with E-state index in [9.17, 15) is 9.59 Å². The van der Waals surface area contributed by atoms with Crippen LogP contribution in [0.2, 0.25) is 0 Å². The Morgan fingerprint density at radius 3 is 2.79 bits per heavy atom. The Labute approximate surface area is 144 Å². The van der Waals surface area contributed by atoms with Crippen LogP contribution in [0.5, 0.6) is 0 Å². The molecule has 0 bridgehead atoms. The summed E-state index contributed by atoms with van der Waals surface area (Å²) in [6.45, 7) is 1.14. The van der Waals surface area contributed by atoms with Gasteiger partial charge < -0.3 is 14.5 Å². The fourth-order valence-corrected chi connectivity index (χ4v) is 4.08. The largest absolute Gasteiger partial charge is 0.364 e. The SMILES string of the molecule is O=C(Cc1ccsc1)N1C[C@@H]2OCC(=O)N(c3ccccc3)[C@H]2C1. The average Bonchev–Trinajstić information content (AvgIpc) is 3.25. The number of thiophene rings is 1. The van der Waals surface area contributed by atoms with E-state index in [0.29, 0.717) is 19.5 Å². The van der Waals surface area contributed by atoms with Crippen LogP contribution in [0.1, 0.15) is 5.56 Å². The summed E-state index contributed by atoms with van der Waals surface area (Å²) in [5.41, 5.74) is 1.91. The molecule has 24 heavy (non-hydrogen) atoms. The molecule has 1 aromatic carbocycles. The number of ether oxygens (including phenoxy) is 1. The lowest BCUT2D eigenvalue weighted by Gasteiger charge is -2.36. The van der Waals surface area contributed by atoms with Crippen LogP contribution in [-0.2, 0) is 20.7 Å². The molecule has 5 nitrogen and oxygen atoms in total. The molecular weight excluding hydrogens is 324 g/mol. The van der Waals surface area contributed by atoms with Gasteiger partial charge in [0.2, 0.25) is 5.91 Å². The molecule has 2 aliphatic heterocycles. The Kier molecular flexibility index (Phi) is 4.08. The second-order valence-corrected chi connectivity index (χ2v) is 6.90. The van der Waals surface area contributed by atoms with Crippen LogP contribution < -0.4 is 4.90 Å². The van der Waals surface area contributed by atoms with E-state index < -0.39 is 0 Å². The summed E-state index contributed by atoms with van der Waals surface area (Å²) in [4.78, 5) is 28.5. The molecule has 4 rings (SSSR count). The summed E-state index contributed by atoms with van der Waals surface area (Å²) in [6, 6.07) is 11.5. The summed E-state index contributed by atoms with van der Waals surface area (Å²) in [6.07, 6.45) is 0.289. The number of rotatable bonds is 3. The smallest absolute Gasteiger partial charge is 0.253 e. The summed E-state index contributed by atoms with van der Waals surface area (Å²) in [7, 11) is 0. The number of para-hydroxylation sites is 1. The van der Waals surface area contributed by atoms with Gasteiger partial charge in [-0.1, -0.05) is 18.2 Å². The lowest BCUT2D eigenvalue weighted by atomic mass is 10.1. The van der Waals surface area contributed by atoms with Crippen molar-refractivity contribution >= 4 is 28.8 Å². The molecule has 6 heteroatoms. The van der Waals surface area contributed by atoms with Gasteiger partial charge in [0.05, 0.1) is 18.6 Å². The third-order valence-corrected chi connectivity index (χ3v) is 5.31. The number of amides is 2. The lowest BCUT2D eigenvalue weighted by Crippen LogP contribution is -2.54. The number of likely N-dealkylation sites (tertiary alicyclic amines) is 1. The van der Waals surface area contributed by atoms with Crippen molar-refractivity contribution in [3.8, 4) is 0 Å². The van der Waals surface area contributed by atoms with Crippen molar-refractivity contribution in [2.24, 2.45) is 0 Å². The second-order valence-electron chi connectivity index (χ2n) is 6.12.